The summed E-state index contributed by atoms with van der Waals surface area (Å²) in [6.07, 6.45) is -3.61. The lowest BCUT2D eigenvalue weighted by Gasteiger charge is -2.09. The van der Waals surface area contributed by atoms with E-state index in [9.17, 15) is 17.6 Å². The van der Waals surface area contributed by atoms with E-state index in [4.69, 9.17) is 11.0 Å². The number of benzene rings is 1. The molecule has 2 N–H and O–H groups in total. The Morgan fingerprint density at radius 2 is 1.85 bits per heavy atom. The molecule has 0 saturated carbocycles. The first-order valence-corrected chi connectivity index (χ1v) is 5.36. The number of nitrogens with two attached hydrogens (primary N) is 1. The van der Waals surface area contributed by atoms with Crippen LogP contribution in [0.3, 0.4) is 0 Å². The van der Waals surface area contributed by atoms with Gasteiger partial charge in [-0.25, -0.2) is 4.39 Å². The van der Waals surface area contributed by atoms with Crippen LogP contribution in [0.4, 0.5) is 23.2 Å². The lowest BCUT2D eigenvalue weighted by molar-refractivity contribution is -0.141. The number of nitriles is 1. The van der Waals surface area contributed by atoms with Crippen LogP contribution in [0.25, 0.3) is 11.1 Å². The van der Waals surface area contributed by atoms with Gasteiger partial charge in [0.1, 0.15) is 11.8 Å². The first-order chi connectivity index (χ1) is 9.34. The van der Waals surface area contributed by atoms with E-state index in [1.807, 2.05) is 0 Å². The van der Waals surface area contributed by atoms with Gasteiger partial charge in [0.05, 0.1) is 11.3 Å². The van der Waals surface area contributed by atoms with E-state index in [0.29, 0.717) is 0 Å². The molecule has 0 radical (unpaired) electrons. The second-order valence-electron chi connectivity index (χ2n) is 3.93. The van der Waals surface area contributed by atoms with Gasteiger partial charge in [0.15, 0.2) is 5.82 Å². The average molecular weight is 281 g/mol. The molecule has 2 aromatic rings. The highest BCUT2D eigenvalue weighted by atomic mass is 19.4. The number of rotatable bonds is 1. The van der Waals surface area contributed by atoms with Gasteiger partial charge in [0, 0.05) is 17.3 Å². The highest BCUT2D eigenvalue weighted by molar-refractivity contribution is 5.73. The van der Waals surface area contributed by atoms with Gasteiger partial charge in [-0.05, 0) is 12.1 Å². The zero-order valence-electron chi connectivity index (χ0n) is 9.87. The summed E-state index contributed by atoms with van der Waals surface area (Å²) in [5.41, 5.74) is 4.09. The van der Waals surface area contributed by atoms with Gasteiger partial charge in [0.25, 0.3) is 0 Å². The van der Waals surface area contributed by atoms with Crippen molar-refractivity contribution < 1.29 is 17.6 Å². The molecule has 102 valence electrons. The third kappa shape index (κ3) is 2.40. The Morgan fingerprint density at radius 3 is 2.35 bits per heavy atom. The molecule has 0 saturated heterocycles. The van der Waals surface area contributed by atoms with Crippen LogP contribution in [-0.4, -0.2) is 4.98 Å². The predicted octanol–water partition coefficient (Wildman–Crippen LogP) is 3.36. The predicted molar refractivity (Wildman–Crippen MR) is 63.8 cm³/mol. The van der Waals surface area contributed by atoms with Gasteiger partial charge in [-0.3, -0.25) is 4.98 Å². The number of alkyl halides is 3. The van der Waals surface area contributed by atoms with E-state index in [2.05, 4.69) is 4.98 Å². The van der Waals surface area contributed by atoms with Gasteiger partial charge in [-0.2, -0.15) is 18.4 Å². The summed E-state index contributed by atoms with van der Waals surface area (Å²) >= 11 is 0. The number of aromatic nitrogens is 1. The summed E-state index contributed by atoms with van der Waals surface area (Å²) in [6.45, 7) is 0. The zero-order chi connectivity index (χ0) is 14.9. The fraction of sp³-hybridized carbons (Fsp3) is 0.0769. The average Bonchev–Trinajstić information content (AvgIpc) is 2.41. The lowest BCUT2D eigenvalue weighted by atomic mass is 10.0. The van der Waals surface area contributed by atoms with Crippen LogP contribution in [-0.2, 0) is 6.18 Å². The molecular formula is C13H7F4N3. The quantitative estimate of drug-likeness (QED) is 0.644. The minimum Gasteiger partial charge on any atom is -0.396 e. The molecule has 0 atom stereocenters. The molecule has 0 aliphatic carbocycles. The molecule has 0 unspecified atom stereocenters. The minimum absolute atomic E-state index is 0.139. The van der Waals surface area contributed by atoms with E-state index >= 15 is 0 Å². The zero-order valence-corrected chi connectivity index (χ0v) is 9.87. The van der Waals surface area contributed by atoms with Crippen LogP contribution >= 0.6 is 0 Å². The highest BCUT2D eigenvalue weighted by Gasteiger charge is 2.32. The van der Waals surface area contributed by atoms with Crippen molar-refractivity contribution in [2.45, 2.75) is 6.18 Å². The van der Waals surface area contributed by atoms with Crippen LogP contribution in [0.15, 0.2) is 30.5 Å². The Labute approximate surface area is 111 Å². The van der Waals surface area contributed by atoms with Gasteiger partial charge in [0.2, 0.25) is 0 Å². The summed E-state index contributed by atoms with van der Waals surface area (Å²) in [5, 5.41) is 8.92. The molecule has 7 heteroatoms. The smallest absolute Gasteiger partial charge is 0.396 e. The molecule has 0 fully saturated rings. The molecule has 1 heterocycles. The van der Waals surface area contributed by atoms with Crippen molar-refractivity contribution in [3.05, 3.63) is 47.5 Å². The monoisotopic (exact) mass is 281 g/mol. The number of hydrogen-bond donors (Lipinski definition) is 1. The fourth-order valence-electron chi connectivity index (χ4n) is 1.66. The second-order valence-corrected chi connectivity index (χ2v) is 3.93. The minimum atomic E-state index is -4.55. The Morgan fingerprint density at radius 1 is 1.15 bits per heavy atom. The van der Waals surface area contributed by atoms with Gasteiger partial charge in [-0.15, -0.1) is 0 Å². The Hall–Kier alpha value is -2.62. The molecule has 3 nitrogen and oxygen atoms in total. The summed E-state index contributed by atoms with van der Waals surface area (Å²) in [6, 6.07) is 6.14. The van der Waals surface area contributed by atoms with Crippen molar-refractivity contribution in [3.63, 3.8) is 0 Å². The summed E-state index contributed by atoms with van der Waals surface area (Å²) < 4.78 is 50.8. The van der Waals surface area contributed by atoms with Crippen molar-refractivity contribution in [3.8, 4) is 17.2 Å². The Bertz CT molecular complexity index is 684. The number of halogens is 4. The summed E-state index contributed by atoms with van der Waals surface area (Å²) in [7, 11) is 0. The Balaban J connectivity index is 2.54. The molecule has 2 rings (SSSR count). The maximum absolute atomic E-state index is 13.7. The normalized spacial score (nSPS) is 11.2. The maximum atomic E-state index is 13.7. The largest absolute Gasteiger partial charge is 0.433 e. The molecule has 0 bridgehead atoms. The summed E-state index contributed by atoms with van der Waals surface area (Å²) in [5.74, 6) is -0.898. The third-order valence-corrected chi connectivity index (χ3v) is 2.65. The van der Waals surface area contributed by atoms with E-state index in [1.54, 1.807) is 6.07 Å². The van der Waals surface area contributed by atoms with Crippen LogP contribution in [0.1, 0.15) is 11.3 Å². The van der Waals surface area contributed by atoms with Crippen molar-refractivity contribution in [1.29, 1.82) is 5.26 Å². The number of nitrogens with zero attached hydrogens (tertiary/aromatic N) is 2. The van der Waals surface area contributed by atoms with E-state index < -0.39 is 17.7 Å². The van der Waals surface area contributed by atoms with E-state index in [-0.39, 0.29) is 22.4 Å². The maximum Gasteiger partial charge on any atom is 0.433 e. The molecule has 0 aliphatic rings. The standard InChI is InChI=1S/C13H7F4N3/c14-12-9(5-18)8(2-3-10(12)19)7-1-4-11(20-6-7)13(15,16)17/h1-4,6H,19H2. The molecular weight excluding hydrogens is 274 g/mol. The molecule has 0 aliphatic heterocycles. The highest BCUT2D eigenvalue weighted by Crippen LogP contribution is 2.31. The van der Waals surface area contributed by atoms with E-state index in [1.165, 1.54) is 12.1 Å². The number of nitrogen functional groups attached to an aromatic ring is 1. The summed E-state index contributed by atoms with van der Waals surface area (Å²) in [4.78, 5) is 3.27. The number of pyridine rings is 1. The van der Waals surface area contributed by atoms with Crippen LogP contribution in [0, 0.1) is 17.1 Å². The van der Waals surface area contributed by atoms with Crippen LogP contribution < -0.4 is 5.73 Å². The van der Waals surface area contributed by atoms with Gasteiger partial charge in [-0.1, -0.05) is 12.1 Å². The van der Waals surface area contributed by atoms with Crippen LogP contribution in [0.5, 0.6) is 0 Å². The molecule has 20 heavy (non-hydrogen) atoms. The van der Waals surface area contributed by atoms with Crippen molar-refractivity contribution in [2.75, 3.05) is 5.73 Å². The number of hydrogen-bond acceptors (Lipinski definition) is 3. The second kappa shape index (κ2) is 4.81. The molecule has 0 spiro atoms. The fourth-order valence-corrected chi connectivity index (χ4v) is 1.66. The van der Waals surface area contributed by atoms with Crippen molar-refractivity contribution in [1.82, 2.24) is 4.98 Å². The first kappa shape index (κ1) is 13.8. The van der Waals surface area contributed by atoms with Crippen molar-refractivity contribution >= 4 is 5.69 Å². The molecule has 1 aromatic heterocycles. The van der Waals surface area contributed by atoms with Gasteiger partial charge >= 0.3 is 6.18 Å². The Kier molecular flexibility index (Phi) is 3.32. The number of anilines is 1. The third-order valence-electron chi connectivity index (χ3n) is 2.65. The lowest BCUT2D eigenvalue weighted by Crippen LogP contribution is -2.07. The topological polar surface area (TPSA) is 62.7 Å². The first-order valence-electron chi connectivity index (χ1n) is 5.36. The van der Waals surface area contributed by atoms with Crippen LogP contribution in [0.2, 0.25) is 0 Å². The van der Waals surface area contributed by atoms with Crippen molar-refractivity contribution in [2.24, 2.45) is 0 Å². The molecule has 0 amide bonds. The van der Waals surface area contributed by atoms with E-state index in [0.717, 1.165) is 18.3 Å². The molecule has 1 aromatic carbocycles. The SMILES string of the molecule is N#Cc1c(-c2ccc(C(F)(F)F)nc2)ccc(N)c1F. The van der Waals surface area contributed by atoms with Gasteiger partial charge < -0.3 is 5.73 Å².